The molecule has 2 N–H and O–H groups in total. The van der Waals surface area contributed by atoms with E-state index in [1.807, 2.05) is 22.8 Å². The fraction of sp³-hybridized carbons (Fsp3) is 0.462. The topological polar surface area (TPSA) is 53.1 Å². The Balaban J connectivity index is 2.32. The third kappa shape index (κ3) is 1.45. The van der Waals surface area contributed by atoms with Gasteiger partial charge < -0.3 is 15.0 Å². The number of nitrogen functional groups attached to an aromatic ring is 1. The standard InChI is InChI=1S/C13H16ClN3O/c1-8-13(2,6-7-18-8)17-11-9(14)4-3-5-10(11)16-12(17)15/h3-5,8H,6-7H2,1-2H3,(H2,15,16). The summed E-state index contributed by atoms with van der Waals surface area (Å²) < 4.78 is 7.72. The van der Waals surface area contributed by atoms with E-state index in [-0.39, 0.29) is 11.6 Å². The van der Waals surface area contributed by atoms with Gasteiger partial charge in [-0.25, -0.2) is 4.98 Å². The molecule has 4 nitrogen and oxygen atoms in total. The number of ether oxygens (including phenoxy) is 1. The van der Waals surface area contributed by atoms with E-state index in [0.29, 0.717) is 11.0 Å². The number of nitrogens with zero attached hydrogens (tertiary/aromatic N) is 2. The summed E-state index contributed by atoms with van der Waals surface area (Å²) in [5.41, 5.74) is 7.63. The van der Waals surface area contributed by atoms with E-state index in [9.17, 15) is 0 Å². The summed E-state index contributed by atoms with van der Waals surface area (Å²) in [6.07, 6.45) is 1.00. The molecule has 1 saturated heterocycles. The van der Waals surface area contributed by atoms with Crippen molar-refractivity contribution in [3.8, 4) is 0 Å². The van der Waals surface area contributed by atoms with Gasteiger partial charge in [-0.15, -0.1) is 0 Å². The lowest BCUT2D eigenvalue weighted by molar-refractivity contribution is 0.0783. The lowest BCUT2D eigenvalue weighted by Gasteiger charge is -2.31. The predicted molar refractivity (Wildman–Crippen MR) is 72.8 cm³/mol. The largest absolute Gasteiger partial charge is 0.376 e. The Morgan fingerprint density at radius 3 is 3.00 bits per heavy atom. The molecule has 0 saturated carbocycles. The second kappa shape index (κ2) is 3.87. The number of nitrogens with two attached hydrogens (primary N) is 1. The van der Waals surface area contributed by atoms with E-state index in [4.69, 9.17) is 22.1 Å². The molecule has 2 aromatic rings. The third-order valence-corrected chi connectivity index (χ3v) is 4.32. The van der Waals surface area contributed by atoms with E-state index in [1.165, 1.54) is 0 Å². The molecule has 18 heavy (non-hydrogen) atoms. The Bertz CT molecular complexity index is 610. The highest BCUT2D eigenvalue weighted by Gasteiger charge is 2.41. The van der Waals surface area contributed by atoms with Crippen LogP contribution in [-0.2, 0) is 10.3 Å². The molecular formula is C13H16ClN3O. The van der Waals surface area contributed by atoms with E-state index in [2.05, 4.69) is 18.8 Å². The Hall–Kier alpha value is -1.26. The molecule has 2 atom stereocenters. The molecule has 2 unspecified atom stereocenters. The minimum atomic E-state index is -0.191. The molecule has 2 heterocycles. The average molecular weight is 266 g/mol. The Morgan fingerprint density at radius 1 is 1.56 bits per heavy atom. The van der Waals surface area contributed by atoms with Gasteiger partial charge in [0.25, 0.3) is 0 Å². The Morgan fingerprint density at radius 2 is 2.33 bits per heavy atom. The summed E-state index contributed by atoms with van der Waals surface area (Å²) >= 11 is 6.31. The number of anilines is 1. The number of halogens is 1. The van der Waals surface area contributed by atoms with Crippen molar-refractivity contribution in [1.82, 2.24) is 9.55 Å². The molecule has 1 fully saturated rings. The average Bonchev–Trinajstić information content (AvgIpc) is 2.82. The smallest absolute Gasteiger partial charge is 0.201 e. The van der Waals surface area contributed by atoms with Crippen LogP contribution in [0.4, 0.5) is 5.95 Å². The minimum absolute atomic E-state index is 0.0912. The number of imidazole rings is 1. The van der Waals surface area contributed by atoms with Crippen LogP contribution in [0.3, 0.4) is 0 Å². The van der Waals surface area contributed by atoms with Crippen LogP contribution in [0.5, 0.6) is 0 Å². The SMILES string of the molecule is CC1OCCC1(C)n1c(N)nc2cccc(Cl)c21. The number of hydrogen-bond donors (Lipinski definition) is 1. The summed E-state index contributed by atoms with van der Waals surface area (Å²) in [6.45, 7) is 4.95. The van der Waals surface area contributed by atoms with Gasteiger partial charge in [-0.1, -0.05) is 17.7 Å². The highest BCUT2D eigenvalue weighted by atomic mass is 35.5. The monoisotopic (exact) mass is 265 g/mol. The first kappa shape index (κ1) is 11.8. The first-order chi connectivity index (χ1) is 8.54. The molecule has 0 aliphatic carbocycles. The minimum Gasteiger partial charge on any atom is -0.376 e. The van der Waals surface area contributed by atoms with Crippen molar-refractivity contribution in [1.29, 1.82) is 0 Å². The van der Waals surface area contributed by atoms with Crippen LogP contribution in [0.1, 0.15) is 20.3 Å². The predicted octanol–water partition coefficient (Wildman–Crippen LogP) is 2.80. The van der Waals surface area contributed by atoms with E-state index in [0.717, 1.165) is 24.1 Å². The maximum atomic E-state index is 6.31. The zero-order chi connectivity index (χ0) is 12.9. The summed E-state index contributed by atoms with van der Waals surface area (Å²) in [6, 6.07) is 5.68. The van der Waals surface area contributed by atoms with Gasteiger partial charge in [-0.05, 0) is 32.4 Å². The quantitative estimate of drug-likeness (QED) is 0.863. The number of para-hydroxylation sites is 1. The number of aromatic nitrogens is 2. The highest BCUT2D eigenvalue weighted by Crippen LogP contribution is 2.39. The van der Waals surface area contributed by atoms with Gasteiger partial charge in [0.15, 0.2) is 0 Å². The van der Waals surface area contributed by atoms with Crippen molar-refractivity contribution in [3.63, 3.8) is 0 Å². The van der Waals surface area contributed by atoms with Gasteiger partial charge in [-0.3, -0.25) is 0 Å². The second-order valence-electron chi connectivity index (χ2n) is 5.03. The van der Waals surface area contributed by atoms with Gasteiger partial charge >= 0.3 is 0 Å². The van der Waals surface area contributed by atoms with E-state index < -0.39 is 0 Å². The number of fused-ring (bicyclic) bond motifs is 1. The fourth-order valence-corrected chi connectivity index (χ4v) is 2.99. The van der Waals surface area contributed by atoms with E-state index >= 15 is 0 Å². The van der Waals surface area contributed by atoms with Crippen molar-refractivity contribution in [3.05, 3.63) is 23.2 Å². The van der Waals surface area contributed by atoms with Crippen LogP contribution in [0.2, 0.25) is 5.02 Å². The zero-order valence-corrected chi connectivity index (χ0v) is 11.2. The van der Waals surface area contributed by atoms with Crippen molar-refractivity contribution >= 4 is 28.6 Å². The molecule has 1 aromatic heterocycles. The van der Waals surface area contributed by atoms with Gasteiger partial charge in [-0.2, -0.15) is 0 Å². The molecule has 0 spiro atoms. The van der Waals surface area contributed by atoms with Crippen LogP contribution >= 0.6 is 11.6 Å². The normalized spacial score (nSPS) is 28.1. The third-order valence-electron chi connectivity index (χ3n) is 4.02. The van der Waals surface area contributed by atoms with Gasteiger partial charge in [0.2, 0.25) is 5.95 Å². The summed E-state index contributed by atoms with van der Waals surface area (Å²) in [5.74, 6) is 0.498. The molecule has 0 amide bonds. The number of rotatable bonds is 1. The van der Waals surface area contributed by atoms with Crippen molar-refractivity contribution in [2.45, 2.75) is 31.9 Å². The van der Waals surface area contributed by atoms with Crippen molar-refractivity contribution in [2.24, 2.45) is 0 Å². The molecule has 96 valence electrons. The van der Waals surface area contributed by atoms with Gasteiger partial charge in [0, 0.05) is 6.61 Å². The maximum Gasteiger partial charge on any atom is 0.201 e. The molecule has 1 aliphatic heterocycles. The van der Waals surface area contributed by atoms with Crippen LogP contribution in [-0.4, -0.2) is 22.3 Å². The van der Waals surface area contributed by atoms with Crippen molar-refractivity contribution in [2.75, 3.05) is 12.3 Å². The lowest BCUT2D eigenvalue weighted by Crippen LogP contribution is -2.37. The van der Waals surface area contributed by atoms with Crippen LogP contribution in [0.15, 0.2) is 18.2 Å². The molecule has 1 aliphatic rings. The molecule has 1 aromatic carbocycles. The van der Waals surface area contributed by atoms with E-state index in [1.54, 1.807) is 0 Å². The van der Waals surface area contributed by atoms with Crippen molar-refractivity contribution < 1.29 is 4.74 Å². The molecular weight excluding hydrogens is 250 g/mol. The first-order valence-electron chi connectivity index (χ1n) is 6.08. The molecule has 3 rings (SSSR count). The molecule has 5 heteroatoms. The van der Waals surface area contributed by atoms with Gasteiger partial charge in [0.05, 0.1) is 27.7 Å². The zero-order valence-electron chi connectivity index (χ0n) is 10.5. The van der Waals surface area contributed by atoms with Crippen LogP contribution in [0.25, 0.3) is 11.0 Å². The molecule has 0 radical (unpaired) electrons. The first-order valence-corrected chi connectivity index (χ1v) is 6.46. The number of benzene rings is 1. The maximum absolute atomic E-state index is 6.31. The summed E-state index contributed by atoms with van der Waals surface area (Å²) in [7, 11) is 0. The summed E-state index contributed by atoms with van der Waals surface area (Å²) in [4.78, 5) is 4.40. The van der Waals surface area contributed by atoms with Crippen LogP contribution in [0, 0.1) is 0 Å². The number of hydrogen-bond acceptors (Lipinski definition) is 3. The molecule has 0 bridgehead atoms. The van der Waals surface area contributed by atoms with Crippen LogP contribution < -0.4 is 5.73 Å². The fourth-order valence-electron chi connectivity index (χ4n) is 2.74. The summed E-state index contributed by atoms with van der Waals surface area (Å²) in [5, 5.41) is 0.678. The highest BCUT2D eigenvalue weighted by molar-refractivity contribution is 6.35. The Kier molecular flexibility index (Phi) is 2.54. The lowest BCUT2D eigenvalue weighted by atomic mass is 9.94. The second-order valence-corrected chi connectivity index (χ2v) is 5.44. The van der Waals surface area contributed by atoms with Gasteiger partial charge in [0.1, 0.15) is 0 Å². The Labute approximate surface area is 111 Å².